The van der Waals surface area contributed by atoms with Crippen LogP contribution >= 0.6 is 23.5 Å². The van der Waals surface area contributed by atoms with Gasteiger partial charge in [-0.15, -0.1) is 0 Å². The molecule has 6 nitrogen and oxygen atoms in total. The van der Waals surface area contributed by atoms with E-state index in [2.05, 4.69) is 24.3 Å². The van der Waals surface area contributed by atoms with E-state index in [1.807, 2.05) is 42.5 Å². The van der Waals surface area contributed by atoms with Gasteiger partial charge in [-0.2, -0.15) is 0 Å². The number of carboxylic acid groups (broad SMARTS) is 1. The molecule has 0 aromatic heterocycles. The maximum atomic E-state index is 12.1. The number of carbonyl (C=O) groups is 1. The molecule has 0 spiro atoms. The SMILES string of the molecule is O=C(O)C1(OCc2ccccc2-c2cccc3c2Sc2ccccc2S3)C[C@@H](O)C(O)[C@H](O)C1. The summed E-state index contributed by atoms with van der Waals surface area (Å²) in [5.74, 6) is -1.27. The van der Waals surface area contributed by atoms with Crippen molar-refractivity contribution in [2.45, 2.75) is 62.9 Å². The average molecular weight is 497 g/mol. The maximum absolute atomic E-state index is 12.1. The van der Waals surface area contributed by atoms with E-state index in [0.717, 1.165) is 26.5 Å². The molecule has 8 heteroatoms. The van der Waals surface area contributed by atoms with Crippen LogP contribution in [0.25, 0.3) is 11.1 Å². The summed E-state index contributed by atoms with van der Waals surface area (Å²) in [6.07, 6.45) is -4.76. The van der Waals surface area contributed by atoms with Crippen LogP contribution in [0.5, 0.6) is 0 Å². The minimum atomic E-state index is -1.79. The van der Waals surface area contributed by atoms with Crippen molar-refractivity contribution in [2.75, 3.05) is 0 Å². The lowest BCUT2D eigenvalue weighted by atomic mass is 9.79. The van der Waals surface area contributed by atoms with Crippen LogP contribution in [0.1, 0.15) is 18.4 Å². The summed E-state index contributed by atoms with van der Waals surface area (Å²) >= 11 is 3.44. The van der Waals surface area contributed by atoms with Gasteiger partial charge < -0.3 is 25.2 Å². The van der Waals surface area contributed by atoms with Gasteiger partial charge in [0.05, 0.1) is 18.8 Å². The molecule has 3 aromatic rings. The van der Waals surface area contributed by atoms with Gasteiger partial charge in [-0.25, -0.2) is 4.79 Å². The molecule has 1 aliphatic carbocycles. The van der Waals surface area contributed by atoms with E-state index in [9.17, 15) is 25.2 Å². The second-order valence-corrected chi connectivity index (χ2v) is 10.7. The summed E-state index contributed by atoms with van der Waals surface area (Å²) in [6, 6.07) is 22.1. The first-order valence-electron chi connectivity index (χ1n) is 11.0. The molecule has 0 unspecified atom stereocenters. The fourth-order valence-corrected chi connectivity index (χ4v) is 6.89. The lowest BCUT2D eigenvalue weighted by Gasteiger charge is -2.40. The molecule has 0 saturated heterocycles. The molecule has 3 aromatic carbocycles. The van der Waals surface area contributed by atoms with Crippen molar-refractivity contribution in [1.82, 2.24) is 0 Å². The zero-order valence-corrected chi connectivity index (χ0v) is 19.8. The van der Waals surface area contributed by atoms with Gasteiger partial charge in [0.2, 0.25) is 0 Å². The summed E-state index contributed by atoms with van der Waals surface area (Å²) in [4.78, 5) is 16.8. The Morgan fingerprint density at radius 1 is 0.824 bits per heavy atom. The number of benzene rings is 3. The van der Waals surface area contributed by atoms with E-state index in [0.29, 0.717) is 0 Å². The second-order valence-electron chi connectivity index (χ2n) is 8.56. The first kappa shape index (κ1) is 23.4. The summed E-state index contributed by atoms with van der Waals surface area (Å²) in [7, 11) is 0. The fourth-order valence-electron chi connectivity index (χ4n) is 4.50. The zero-order valence-electron chi connectivity index (χ0n) is 18.1. The predicted molar refractivity (Wildman–Crippen MR) is 129 cm³/mol. The van der Waals surface area contributed by atoms with E-state index in [-0.39, 0.29) is 19.4 Å². The van der Waals surface area contributed by atoms with Gasteiger partial charge in [-0.3, -0.25) is 0 Å². The van der Waals surface area contributed by atoms with E-state index in [1.165, 1.54) is 9.79 Å². The van der Waals surface area contributed by atoms with Crippen LogP contribution in [-0.2, 0) is 16.1 Å². The summed E-state index contributed by atoms with van der Waals surface area (Å²) < 4.78 is 5.93. The molecule has 4 N–H and O–H groups in total. The van der Waals surface area contributed by atoms with Gasteiger partial charge in [-0.1, -0.05) is 72.1 Å². The molecule has 1 aliphatic heterocycles. The van der Waals surface area contributed by atoms with Gasteiger partial charge >= 0.3 is 5.97 Å². The van der Waals surface area contributed by atoms with Crippen LogP contribution < -0.4 is 0 Å². The van der Waals surface area contributed by atoms with Crippen molar-refractivity contribution in [1.29, 1.82) is 0 Å². The minimum absolute atomic E-state index is 0.0178. The molecule has 34 heavy (non-hydrogen) atoms. The van der Waals surface area contributed by atoms with E-state index in [1.54, 1.807) is 23.5 Å². The fraction of sp³-hybridized carbons (Fsp3) is 0.269. The first-order chi connectivity index (χ1) is 16.4. The molecule has 1 saturated carbocycles. The van der Waals surface area contributed by atoms with Gasteiger partial charge in [0.25, 0.3) is 0 Å². The van der Waals surface area contributed by atoms with Crippen molar-refractivity contribution in [3.05, 3.63) is 72.3 Å². The second kappa shape index (κ2) is 9.37. The zero-order chi connectivity index (χ0) is 23.9. The smallest absolute Gasteiger partial charge is 0.336 e. The number of ether oxygens (including phenoxy) is 1. The number of aliphatic hydroxyl groups excluding tert-OH is 3. The first-order valence-corrected chi connectivity index (χ1v) is 12.6. The van der Waals surface area contributed by atoms with Crippen molar-refractivity contribution >= 4 is 29.5 Å². The number of hydrogen-bond donors (Lipinski definition) is 4. The van der Waals surface area contributed by atoms with Crippen LogP contribution in [-0.4, -0.2) is 50.3 Å². The van der Waals surface area contributed by atoms with Gasteiger partial charge in [0.1, 0.15) is 6.10 Å². The van der Waals surface area contributed by atoms with E-state index in [4.69, 9.17) is 4.74 Å². The molecule has 1 fully saturated rings. The Bertz CT molecular complexity index is 1220. The van der Waals surface area contributed by atoms with E-state index < -0.39 is 29.9 Å². The lowest BCUT2D eigenvalue weighted by molar-refractivity contribution is -0.202. The standard InChI is InChI=1S/C26H24O6S2/c27-18-12-26(25(30)31,13-19(28)23(18)29)32-14-15-6-1-2-7-16(15)17-8-5-11-22-24(17)34-21-10-4-3-9-20(21)33-22/h1-11,18-19,23,27-29H,12-14H2,(H,30,31)/t18-,19-,23?,26?/m1/s1. The molecular weight excluding hydrogens is 472 g/mol. The van der Waals surface area contributed by atoms with Gasteiger partial charge in [0, 0.05) is 32.4 Å². The predicted octanol–water partition coefficient (Wildman–Crippen LogP) is 4.19. The highest BCUT2D eigenvalue weighted by Gasteiger charge is 2.50. The van der Waals surface area contributed by atoms with Crippen molar-refractivity contribution in [2.24, 2.45) is 0 Å². The molecule has 5 rings (SSSR count). The van der Waals surface area contributed by atoms with E-state index >= 15 is 0 Å². The third kappa shape index (κ3) is 4.26. The third-order valence-electron chi connectivity index (χ3n) is 6.33. The quantitative estimate of drug-likeness (QED) is 0.326. The highest BCUT2D eigenvalue weighted by Crippen LogP contribution is 2.52. The number of aliphatic hydroxyl groups is 3. The lowest BCUT2D eigenvalue weighted by Crippen LogP contribution is -2.57. The van der Waals surface area contributed by atoms with Crippen LogP contribution in [0.4, 0.5) is 0 Å². The molecule has 0 bridgehead atoms. The molecule has 0 amide bonds. The van der Waals surface area contributed by atoms with Crippen molar-refractivity contribution < 1.29 is 30.0 Å². The van der Waals surface area contributed by atoms with Crippen LogP contribution in [0.3, 0.4) is 0 Å². The number of carboxylic acids is 1. The minimum Gasteiger partial charge on any atom is -0.479 e. The Labute approximate surface area is 205 Å². The van der Waals surface area contributed by atoms with Gasteiger partial charge in [0.15, 0.2) is 5.60 Å². The summed E-state index contributed by atoms with van der Waals surface area (Å²) in [5.41, 5.74) is 0.984. The van der Waals surface area contributed by atoms with Crippen LogP contribution in [0, 0.1) is 0 Å². The van der Waals surface area contributed by atoms with Crippen LogP contribution in [0.15, 0.2) is 86.3 Å². The Balaban J connectivity index is 1.46. The summed E-state index contributed by atoms with van der Waals surface area (Å²) in [6.45, 7) is -0.0178. The average Bonchev–Trinajstić information content (AvgIpc) is 2.84. The molecule has 176 valence electrons. The monoisotopic (exact) mass is 496 g/mol. The molecule has 0 radical (unpaired) electrons. The Kier molecular flexibility index (Phi) is 6.45. The molecular formula is C26H24O6S2. The Morgan fingerprint density at radius 2 is 1.41 bits per heavy atom. The Hall–Kier alpha value is -2.33. The maximum Gasteiger partial charge on any atom is 0.336 e. The van der Waals surface area contributed by atoms with Crippen molar-refractivity contribution in [3.8, 4) is 11.1 Å². The Morgan fingerprint density at radius 3 is 2.12 bits per heavy atom. The van der Waals surface area contributed by atoms with Gasteiger partial charge in [-0.05, 0) is 34.9 Å². The number of rotatable bonds is 5. The number of fused-ring (bicyclic) bond motifs is 2. The topological polar surface area (TPSA) is 107 Å². The molecule has 2 aliphatic rings. The molecule has 1 heterocycles. The van der Waals surface area contributed by atoms with Crippen LogP contribution in [0.2, 0.25) is 0 Å². The highest BCUT2D eigenvalue weighted by atomic mass is 32.2. The number of hydrogen-bond acceptors (Lipinski definition) is 7. The third-order valence-corrected chi connectivity index (χ3v) is 8.94. The number of aliphatic carboxylic acids is 1. The largest absolute Gasteiger partial charge is 0.479 e. The molecule has 2 atom stereocenters. The highest BCUT2D eigenvalue weighted by molar-refractivity contribution is 8.05. The summed E-state index contributed by atoms with van der Waals surface area (Å²) in [5, 5.41) is 40.0. The normalized spacial score (nSPS) is 25.9. The van der Waals surface area contributed by atoms with Crippen molar-refractivity contribution in [3.63, 3.8) is 0 Å².